The topological polar surface area (TPSA) is 138 Å². The van der Waals surface area contributed by atoms with Crippen LogP contribution in [0, 0.1) is 17.0 Å². The monoisotopic (exact) mass is 470 g/mol. The minimum atomic E-state index is -0.536. The fraction of sp³-hybridized carbons (Fsp3) is 0.318. The van der Waals surface area contributed by atoms with E-state index in [2.05, 4.69) is 41.5 Å². The number of amides is 1. The zero-order valence-corrected chi connectivity index (χ0v) is 19.5. The van der Waals surface area contributed by atoms with Crippen molar-refractivity contribution >= 4 is 29.0 Å². The predicted molar refractivity (Wildman–Crippen MR) is 127 cm³/mol. The summed E-state index contributed by atoms with van der Waals surface area (Å²) in [4.78, 5) is 22.7. The Bertz CT molecular complexity index is 1150. The van der Waals surface area contributed by atoms with E-state index in [-0.39, 0.29) is 30.3 Å². The Morgan fingerprint density at radius 3 is 2.76 bits per heavy atom. The Kier molecular flexibility index (Phi) is 7.88. The predicted octanol–water partition coefficient (Wildman–Crippen LogP) is 4.03. The van der Waals surface area contributed by atoms with Gasteiger partial charge in [0.25, 0.3) is 5.69 Å². The molecule has 2 aromatic carbocycles. The number of anilines is 1. The first-order valence-corrected chi connectivity index (χ1v) is 11.3. The fourth-order valence-electron chi connectivity index (χ4n) is 3.08. The Hall–Kier alpha value is -3.60. The van der Waals surface area contributed by atoms with E-state index >= 15 is 0 Å². The highest BCUT2D eigenvalue weighted by Crippen LogP contribution is 2.28. The van der Waals surface area contributed by atoms with Gasteiger partial charge in [0.15, 0.2) is 5.82 Å². The number of thioether (sulfide) groups is 1. The van der Waals surface area contributed by atoms with E-state index in [9.17, 15) is 14.9 Å². The van der Waals surface area contributed by atoms with Crippen molar-refractivity contribution in [2.24, 2.45) is 0 Å². The van der Waals surface area contributed by atoms with Crippen molar-refractivity contribution in [1.29, 1.82) is 0 Å². The lowest BCUT2D eigenvalue weighted by molar-refractivity contribution is -0.383. The number of aromatic nitrogens is 3. The van der Waals surface area contributed by atoms with Crippen molar-refractivity contribution in [3.05, 3.63) is 69.5 Å². The highest BCUT2D eigenvalue weighted by molar-refractivity contribution is 7.99. The molecule has 1 amide bonds. The average Bonchev–Trinajstić information content (AvgIpc) is 3.11. The largest absolute Gasteiger partial charge is 0.485 e. The molecule has 0 fully saturated rings. The molecule has 1 heterocycles. The standard InChI is InChI=1S/C22H26N6O4S/c1-14(2)16-9-8-15(3)12-19(16)32-13-20-25-26-22(27(20)23)33-11-10-21(29)24-17-6-4-5-7-18(17)28(30)31/h4-9,12,14H,10-11,13,23H2,1-3H3,(H,24,29). The average molecular weight is 471 g/mol. The van der Waals surface area contributed by atoms with E-state index in [4.69, 9.17) is 10.6 Å². The molecule has 3 rings (SSSR count). The minimum Gasteiger partial charge on any atom is -0.485 e. The summed E-state index contributed by atoms with van der Waals surface area (Å²) >= 11 is 1.26. The van der Waals surface area contributed by atoms with Crippen LogP contribution in [0.3, 0.4) is 0 Å². The van der Waals surface area contributed by atoms with Crippen LogP contribution in [0.5, 0.6) is 5.75 Å². The second kappa shape index (κ2) is 10.8. The molecule has 3 aromatic rings. The molecule has 0 aliphatic carbocycles. The van der Waals surface area contributed by atoms with Gasteiger partial charge in [-0.2, -0.15) is 0 Å². The highest BCUT2D eigenvalue weighted by atomic mass is 32.2. The molecule has 11 heteroatoms. The number of nitrogens with one attached hydrogen (secondary N) is 1. The molecule has 0 unspecified atom stereocenters. The SMILES string of the molecule is Cc1ccc(C(C)C)c(OCc2nnc(SCCC(=O)Nc3ccccc3[N+](=O)[O-])n2N)c1. The van der Waals surface area contributed by atoms with Gasteiger partial charge in [-0.25, -0.2) is 4.68 Å². The number of carbonyl (C=O) groups excluding carboxylic acids is 1. The van der Waals surface area contributed by atoms with Gasteiger partial charge in [-0.1, -0.05) is 49.9 Å². The smallest absolute Gasteiger partial charge is 0.292 e. The van der Waals surface area contributed by atoms with Crippen LogP contribution in [0.25, 0.3) is 0 Å². The van der Waals surface area contributed by atoms with E-state index < -0.39 is 4.92 Å². The summed E-state index contributed by atoms with van der Waals surface area (Å²) in [7, 11) is 0. The molecule has 0 aliphatic rings. The first-order chi connectivity index (χ1) is 15.8. The number of nitrogens with zero attached hydrogens (tertiary/aromatic N) is 4. The van der Waals surface area contributed by atoms with E-state index in [1.807, 2.05) is 13.0 Å². The number of hydrogen-bond donors (Lipinski definition) is 2. The Labute approximate surface area is 195 Å². The maximum Gasteiger partial charge on any atom is 0.292 e. The number of nitrogen functional groups attached to an aromatic ring is 1. The third-order valence-electron chi connectivity index (χ3n) is 4.82. The van der Waals surface area contributed by atoms with Crippen molar-refractivity contribution in [3.63, 3.8) is 0 Å². The number of nitro groups is 1. The summed E-state index contributed by atoms with van der Waals surface area (Å²) in [5.74, 6) is 7.69. The third-order valence-corrected chi connectivity index (χ3v) is 5.76. The van der Waals surface area contributed by atoms with Gasteiger partial charge in [0.05, 0.1) is 4.92 Å². The molecule has 174 valence electrons. The first-order valence-electron chi connectivity index (χ1n) is 10.3. The summed E-state index contributed by atoms with van der Waals surface area (Å²) in [6.45, 7) is 6.36. The van der Waals surface area contributed by atoms with Gasteiger partial charge in [0, 0.05) is 18.2 Å². The summed E-state index contributed by atoms with van der Waals surface area (Å²) in [5, 5.41) is 22.2. The van der Waals surface area contributed by atoms with Gasteiger partial charge < -0.3 is 15.9 Å². The molecule has 0 radical (unpaired) electrons. The molecule has 1 aromatic heterocycles. The lowest BCUT2D eigenvalue weighted by Gasteiger charge is -2.14. The number of para-hydroxylation sites is 2. The summed E-state index contributed by atoms with van der Waals surface area (Å²) in [6, 6.07) is 12.1. The minimum absolute atomic E-state index is 0.121. The highest BCUT2D eigenvalue weighted by Gasteiger charge is 2.16. The van der Waals surface area contributed by atoms with E-state index in [1.54, 1.807) is 12.1 Å². The van der Waals surface area contributed by atoms with Gasteiger partial charge in [-0.3, -0.25) is 14.9 Å². The van der Waals surface area contributed by atoms with Crippen LogP contribution >= 0.6 is 11.8 Å². The van der Waals surface area contributed by atoms with Gasteiger partial charge in [0.1, 0.15) is 18.0 Å². The molecule has 0 saturated heterocycles. The van der Waals surface area contributed by atoms with Crippen molar-refractivity contribution in [1.82, 2.24) is 14.9 Å². The molecule has 3 N–H and O–H groups in total. The quantitative estimate of drug-likeness (QED) is 0.196. The van der Waals surface area contributed by atoms with Gasteiger partial charge in [0.2, 0.25) is 11.1 Å². The van der Waals surface area contributed by atoms with Crippen LogP contribution < -0.4 is 15.9 Å². The van der Waals surface area contributed by atoms with Gasteiger partial charge in [-0.05, 0) is 36.1 Å². The van der Waals surface area contributed by atoms with Crippen LogP contribution in [0.4, 0.5) is 11.4 Å². The van der Waals surface area contributed by atoms with Crippen LogP contribution in [0.1, 0.15) is 43.1 Å². The molecular weight excluding hydrogens is 444 g/mol. The molecule has 0 spiro atoms. The van der Waals surface area contributed by atoms with E-state index in [1.165, 1.54) is 28.6 Å². The van der Waals surface area contributed by atoms with Crippen molar-refractivity contribution < 1.29 is 14.5 Å². The Morgan fingerprint density at radius 2 is 2.03 bits per heavy atom. The van der Waals surface area contributed by atoms with E-state index in [0.29, 0.717) is 22.7 Å². The lowest BCUT2D eigenvalue weighted by atomic mass is 10.0. The second-order valence-electron chi connectivity index (χ2n) is 7.67. The summed E-state index contributed by atoms with van der Waals surface area (Å²) in [6.07, 6.45) is 0.121. The van der Waals surface area contributed by atoms with Crippen molar-refractivity contribution in [2.75, 3.05) is 16.9 Å². The Balaban J connectivity index is 1.54. The number of nitrogens with two attached hydrogens (primary N) is 1. The second-order valence-corrected chi connectivity index (χ2v) is 8.74. The number of hydrogen-bond acceptors (Lipinski definition) is 8. The van der Waals surface area contributed by atoms with Crippen molar-refractivity contribution in [2.45, 2.75) is 44.9 Å². The van der Waals surface area contributed by atoms with E-state index in [0.717, 1.165) is 16.9 Å². The van der Waals surface area contributed by atoms with Gasteiger partial charge in [-0.15, -0.1) is 10.2 Å². The molecular formula is C22H26N6O4S. The molecule has 0 aliphatic heterocycles. The van der Waals surface area contributed by atoms with Crippen molar-refractivity contribution in [3.8, 4) is 5.75 Å². The Morgan fingerprint density at radius 1 is 1.27 bits per heavy atom. The summed E-state index contributed by atoms with van der Waals surface area (Å²) < 4.78 is 7.31. The fourth-order valence-corrected chi connectivity index (χ4v) is 3.89. The van der Waals surface area contributed by atoms with Crippen LogP contribution in [0.15, 0.2) is 47.6 Å². The molecule has 0 saturated carbocycles. The maximum absolute atomic E-state index is 12.2. The maximum atomic E-state index is 12.2. The molecule has 10 nitrogen and oxygen atoms in total. The van der Waals surface area contributed by atoms with Crippen LogP contribution in [-0.2, 0) is 11.4 Å². The number of benzene rings is 2. The summed E-state index contributed by atoms with van der Waals surface area (Å²) in [5.41, 5.74) is 2.21. The normalized spacial score (nSPS) is 10.9. The number of aryl methyl sites for hydroxylation is 1. The zero-order valence-electron chi connectivity index (χ0n) is 18.6. The third kappa shape index (κ3) is 6.22. The zero-order chi connectivity index (χ0) is 24.0. The number of ether oxygens (including phenoxy) is 1. The molecule has 33 heavy (non-hydrogen) atoms. The van der Waals surface area contributed by atoms with Crippen LogP contribution in [-0.4, -0.2) is 31.5 Å². The number of rotatable bonds is 10. The first kappa shape index (κ1) is 24.1. The van der Waals surface area contributed by atoms with Gasteiger partial charge >= 0.3 is 0 Å². The molecule has 0 atom stereocenters. The lowest BCUT2D eigenvalue weighted by Crippen LogP contribution is -2.17. The number of carbonyl (C=O) groups is 1. The van der Waals surface area contributed by atoms with Crippen LogP contribution in [0.2, 0.25) is 0 Å². The number of nitro benzene ring substituents is 1. The molecule has 0 bridgehead atoms.